The number of halogens is 1. The number of aryl methyl sites for hydroxylation is 1. The second kappa shape index (κ2) is 4.34. The lowest BCUT2D eigenvalue weighted by molar-refractivity contribution is -0.697. The van der Waals surface area contributed by atoms with Gasteiger partial charge in [0, 0.05) is 17.4 Å². The summed E-state index contributed by atoms with van der Waals surface area (Å²) in [6, 6.07) is 3.88. The van der Waals surface area contributed by atoms with E-state index in [9.17, 15) is 4.39 Å². The molecule has 0 aliphatic carbocycles. The SMILES string of the molecule is FCC[n+]1cccc(CS)c1. The van der Waals surface area contributed by atoms with Crippen LogP contribution in [0.2, 0.25) is 0 Å². The zero-order valence-electron chi connectivity index (χ0n) is 6.20. The van der Waals surface area contributed by atoms with Crippen molar-refractivity contribution in [2.45, 2.75) is 12.3 Å². The lowest BCUT2D eigenvalue weighted by Gasteiger charge is -1.94. The molecule has 0 saturated carbocycles. The van der Waals surface area contributed by atoms with Gasteiger partial charge in [-0.2, -0.15) is 12.6 Å². The first-order chi connectivity index (χ1) is 5.36. The number of aromatic nitrogens is 1. The van der Waals surface area contributed by atoms with Crippen LogP contribution in [0, 0.1) is 0 Å². The second-order valence-electron chi connectivity index (χ2n) is 2.30. The summed E-state index contributed by atoms with van der Waals surface area (Å²) in [7, 11) is 0. The van der Waals surface area contributed by atoms with Gasteiger partial charge in [-0.1, -0.05) is 0 Å². The number of hydrogen-bond acceptors (Lipinski definition) is 1. The Bertz CT molecular complexity index is 227. The molecule has 0 saturated heterocycles. The molecule has 0 unspecified atom stereocenters. The molecular weight excluding hydrogens is 161 g/mol. The number of alkyl halides is 1. The van der Waals surface area contributed by atoms with Gasteiger partial charge in [-0.05, 0) is 6.07 Å². The smallest absolute Gasteiger partial charge is 0.176 e. The van der Waals surface area contributed by atoms with Crippen LogP contribution in [0.25, 0.3) is 0 Å². The van der Waals surface area contributed by atoms with Gasteiger partial charge >= 0.3 is 0 Å². The molecule has 0 fully saturated rings. The summed E-state index contributed by atoms with van der Waals surface area (Å²) in [5, 5.41) is 0. The van der Waals surface area contributed by atoms with Crippen LogP contribution in [0.4, 0.5) is 4.39 Å². The monoisotopic (exact) mass is 172 g/mol. The number of pyridine rings is 1. The quantitative estimate of drug-likeness (QED) is 0.518. The molecule has 1 rings (SSSR count). The van der Waals surface area contributed by atoms with E-state index in [2.05, 4.69) is 12.6 Å². The summed E-state index contributed by atoms with van der Waals surface area (Å²) < 4.78 is 13.7. The fourth-order valence-electron chi connectivity index (χ4n) is 0.906. The number of thiol groups is 1. The van der Waals surface area contributed by atoms with E-state index in [-0.39, 0.29) is 6.67 Å². The molecule has 0 aliphatic rings. The normalized spacial score (nSPS) is 10.0. The zero-order valence-corrected chi connectivity index (χ0v) is 7.10. The highest BCUT2D eigenvalue weighted by molar-refractivity contribution is 7.79. The van der Waals surface area contributed by atoms with Crippen LogP contribution in [0.15, 0.2) is 24.5 Å². The Morgan fingerprint density at radius 2 is 2.36 bits per heavy atom. The van der Waals surface area contributed by atoms with Gasteiger partial charge in [-0.3, -0.25) is 0 Å². The predicted octanol–water partition coefficient (Wildman–Crippen LogP) is 1.37. The molecule has 3 heteroatoms. The maximum absolute atomic E-state index is 11.9. The van der Waals surface area contributed by atoms with Crippen LogP contribution < -0.4 is 4.57 Å². The van der Waals surface area contributed by atoms with E-state index in [0.29, 0.717) is 12.3 Å². The Labute approximate surface area is 71.3 Å². The minimum Gasteiger partial charge on any atom is -0.244 e. The first kappa shape index (κ1) is 8.53. The third-order valence-electron chi connectivity index (χ3n) is 1.44. The first-order valence-corrected chi connectivity index (χ1v) is 4.15. The van der Waals surface area contributed by atoms with Gasteiger partial charge < -0.3 is 0 Å². The number of rotatable bonds is 3. The van der Waals surface area contributed by atoms with Crippen LogP contribution in [-0.2, 0) is 12.3 Å². The highest BCUT2D eigenvalue weighted by atomic mass is 32.1. The van der Waals surface area contributed by atoms with Gasteiger partial charge in [-0.15, -0.1) is 0 Å². The molecule has 0 aromatic carbocycles. The summed E-state index contributed by atoms with van der Waals surface area (Å²) in [6.45, 7) is 0.113. The summed E-state index contributed by atoms with van der Waals surface area (Å²) >= 11 is 4.12. The molecule has 0 radical (unpaired) electrons. The summed E-state index contributed by atoms with van der Waals surface area (Å²) in [4.78, 5) is 0. The van der Waals surface area contributed by atoms with Crippen molar-refractivity contribution in [2.75, 3.05) is 6.67 Å². The largest absolute Gasteiger partial charge is 0.244 e. The van der Waals surface area contributed by atoms with Gasteiger partial charge in [0.15, 0.2) is 18.9 Å². The maximum atomic E-state index is 11.9. The van der Waals surface area contributed by atoms with Crippen LogP contribution >= 0.6 is 12.6 Å². The zero-order chi connectivity index (χ0) is 8.10. The van der Waals surface area contributed by atoms with E-state index < -0.39 is 0 Å². The van der Waals surface area contributed by atoms with Gasteiger partial charge in [0.2, 0.25) is 0 Å². The van der Waals surface area contributed by atoms with Gasteiger partial charge in [0.1, 0.15) is 6.67 Å². The van der Waals surface area contributed by atoms with Crippen molar-refractivity contribution in [3.63, 3.8) is 0 Å². The third kappa shape index (κ3) is 2.50. The van der Waals surface area contributed by atoms with E-state index in [1.807, 2.05) is 29.1 Å². The molecule has 0 atom stereocenters. The molecule has 1 nitrogen and oxygen atoms in total. The fourth-order valence-corrected chi connectivity index (χ4v) is 1.09. The molecule has 11 heavy (non-hydrogen) atoms. The van der Waals surface area contributed by atoms with Crippen molar-refractivity contribution in [1.29, 1.82) is 0 Å². The van der Waals surface area contributed by atoms with Crippen molar-refractivity contribution < 1.29 is 8.96 Å². The van der Waals surface area contributed by atoms with E-state index >= 15 is 0 Å². The number of nitrogens with zero attached hydrogens (tertiary/aromatic N) is 1. The van der Waals surface area contributed by atoms with Crippen LogP contribution in [-0.4, -0.2) is 6.67 Å². The lowest BCUT2D eigenvalue weighted by Crippen LogP contribution is -2.34. The van der Waals surface area contributed by atoms with Crippen molar-refractivity contribution in [2.24, 2.45) is 0 Å². The maximum Gasteiger partial charge on any atom is 0.176 e. The van der Waals surface area contributed by atoms with Gasteiger partial charge in [0.05, 0.1) is 0 Å². The molecule has 0 aliphatic heterocycles. The Hall–Kier alpha value is -0.570. The molecule has 1 heterocycles. The topological polar surface area (TPSA) is 3.88 Å². The predicted molar refractivity (Wildman–Crippen MR) is 45.3 cm³/mol. The average molecular weight is 172 g/mol. The van der Waals surface area contributed by atoms with Crippen molar-refractivity contribution in [3.8, 4) is 0 Å². The molecule has 0 spiro atoms. The lowest BCUT2D eigenvalue weighted by atomic mass is 10.3. The molecule has 0 bridgehead atoms. The van der Waals surface area contributed by atoms with Crippen LogP contribution in [0.5, 0.6) is 0 Å². The molecule has 60 valence electrons. The Morgan fingerprint density at radius 3 is 3.00 bits per heavy atom. The molecule has 1 aromatic heterocycles. The molecular formula is C8H11FNS+. The first-order valence-electron chi connectivity index (χ1n) is 3.51. The highest BCUT2D eigenvalue weighted by Crippen LogP contribution is 1.97. The van der Waals surface area contributed by atoms with Crippen LogP contribution in [0.3, 0.4) is 0 Å². The Kier molecular flexibility index (Phi) is 3.36. The highest BCUT2D eigenvalue weighted by Gasteiger charge is 1.99. The van der Waals surface area contributed by atoms with E-state index in [1.165, 1.54) is 0 Å². The Morgan fingerprint density at radius 1 is 1.55 bits per heavy atom. The van der Waals surface area contributed by atoms with Crippen molar-refractivity contribution in [1.82, 2.24) is 0 Å². The molecule has 1 aromatic rings. The van der Waals surface area contributed by atoms with E-state index in [1.54, 1.807) is 0 Å². The van der Waals surface area contributed by atoms with Crippen molar-refractivity contribution >= 4 is 12.6 Å². The summed E-state index contributed by atoms with van der Waals surface area (Å²) in [5.41, 5.74) is 1.12. The standard InChI is InChI=1S/C8H10FNS/c9-3-5-10-4-1-2-8(6-10)7-11/h1-2,4,6H,3,5,7H2/p+1. The third-order valence-corrected chi connectivity index (χ3v) is 1.81. The van der Waals surface area contributed by atoms with E-state index in [4.69, 9.17) is 0 Å². The minimum atomic E-state index is -0.319. The average Bonchev–Trinajstić information content (AvgIpc) is 2.06. The molecule has 0 amide bonds. The number of hydrogen-bond donors (Lipinski definition) is 1. The Balaban J connectivity index is 2.74. The van der Waals surface area contributed by atoms with Crippen LogP contribution in [0.1, 0.15) is 5.56 Å². The second-order valence-corrected chi connectivity index (χ2v) is 2.61. The van der Waals surface area contributed by atoms with Gasteiger partial charge in [-0.25, -0.2) is 8.96 Å². The summed E-state index contributed by atoms with van der Waals surface area (Å²) in [6.07, 6.45) is 3.76. The molecule has 0 N–H and O–H groups in total. The fraction of sp³-hybridized carbons (Fsp3) is 0.375. The van der Waals surface area contributed by atoms with E-state index in [0.717, 1.165) is 5.56 Å². The van der Waals surface area contributed by atoms with Gasteiger partial charge in [0.25, 0.3) is 0 Å². The van der Waals surface area contributed by atoms with Crippen molar-refractivity contribution in [3.05, 3.63) is 30.1 Å². The summed E-state index contributed by atoms with van der Waals surface area (Å²) in [5.74, 6) is 0.702. The minimum absolute atomic E-state index is 0.319.